The summed E-state index contributed by atoms with van der Waals surface area (Å²) in [5.74, 6) is -0.341. The van der Waals surface area contributed by atoms with Gasteiger partial charge in [-0.25, -0.2) is 4.79 Å². The van der Waals surface area contributed by atoms with Gasteiger partial charge in [0, 0.05) is 18.1 Å². The van der Waals surface area contributed by atoms with Crippen molar-refractivity contribution in [3.05, 3.63) is 11.6 Å². The fourth-order valence-electron chi connectivity index (χ4n) is 5.03. The van der Waals surface area contributed by atoms with Crippen LogP contribution in [-0.4, -0.2) is 72.1 Å². The van der Waals surface area contributed by atoms with E-state index in [1.165, 1.54) is 0 Å². The second-order valence-corrected chi connectivity index (χ2v) is 20.1. The fourth-order valence-corrected chi connectivity index (χ4v) is 10.8. The first-order chi connectivity index (χ1) is 16.5. The van der Waals surface area contributed by atoms with Gasteiger partial charge in [0.1, 0.15) is 6.61 Å². The van der Waals surface area contributed by atoms with Crippen LogP contribution in [0.5, 0.6) is 0 Å². The molecule has 1 saturated heterocycles. The highest BCUT2D eigenvalue weighted by atomic mass is 28.4. The molecule has 0 N–H and O–H groups in total. The zero-order valence-electron chi connectivity index (χ0n) is 23.2. The van der Waals surface area contributed by atoms with Crippen LogP contribution in [0.3, 0.4) is 0 Å². The number of carbonyl (C=O) groups excluding carboxylic acids is 2. The molecule has 2 aliphatic rings. The maximum atomic E-state index is 12.7. The Morgan fingerprint density at radius 1 is 0.914 bits per heavy atom. The van der Waals surface area contributed by atoms with Gasteiger partial charge < -0.3 is 23.1 Å². The molecule has 0 aliphatic carbocycles. The minimum absolute atomic E-state index is 0.134. The van der Waals surface area contributed by atoms with Crippen LogP contribution in [0.2, 0.25) is 36.3 Å². The molecular formula is C26H48O7Si2. The monoisotopic (exact) mass is 528 g/mol. The van der Waals surface area contributed by atoms with E-state index in [4.69, 9.17) is 23.1 Å². The third kappa shape index (κ3) is 7.14. The molecule has 35 heavy (non-hydrogen) atoms. The van der Waals surface area contributed by atoms with Gasteiger partial charge in [0.25, 0.3) is 0 Å². The van der Waals surface area contributed by atoms with E-state index in [-0.39, 0.29) is 25.3 Å². The van der Waals surface area contributed by atoms with Crippen LogP contribution in [0.4, 0.5) is 0 Å². The topological polar surface area (TPSA) is 80.3 Å². The van der Waals surface area contributed by atoms with E-state index in [0.29, 0.717) is 13.0 Å². The summed E-state index contributed by atoms with van der Waals surface area (Å²) < 4.78 is 31.6. The molecule has 0 aromatic carbocycles. The van der Waals surface area contributed by atoms with Crippen LogP contribution < -0.4 is 0 Å². The second kappa shape index (κ2) is 12.6. The largest absolute Gasteiger partial charge is 0.458 e. The average molecular weight is 529 g/mol. The summed E-state index contributed by atoms with van der Waals surface area (Å²) in [6.45, 7) is 17.7. The van der Waals surface area contributed by atoms with Gasteiger partial charge in [0.05, 0.1) is 31.0 Å². The van der Waals surface area contributed by atoms with Crippen LogP contribution in [0.1, 0.15) is 61.8 Å². The number of hydrogen-bond donors (Lipinski definition) is 0. The molecule has 3 atom stereocenters. The van der Waals surface area contributed by atoms with Crippen molar-refractivity contribution in [1.82, 2.24) is 0 Å². The summed E-state index contributed by atoms with van der Waals surface area (Å²) in [7, 11) is -4.16. The Bertz CT molecular complexity index is 717. The lowest BCUT2D eigenvalue weighted by Crippen LogP contribution is -2.62. The highest BCUT2D eigenvalue weighted by Gasteiger charge is 2.51. The Hall–Kier alpha value is -0.846. The summed E-state index contributed by atoms with van der Waals surface area (Å²) in [4.78, 5) is 24.7. The van der Waals surface area contributed by atoms with E-state index in [1.807, 2.05) is 13.8 Å². The van der Waals surface area contributed by atoms with E-state index >= 15 is 0 Å². The fraction of sp³-hybridized carbons (Fsp3) is 0.846. The van der Waals surface area contributed by atoms with Crippen LogP contribution in [-0.2, 0) is 32.7 Å². The Balaban J connectivity index is 2.51. The standard InChI is InChI=1S/C26H48O7Si2/c1-9-34(10-2,11-3)32-22(21-15-24(28)29-17-21)16-23(33-35(12-4,13-5)14-6)26(18-27)20-30-25(7,8)19-31-26/h15,18,22-23H,9-14,16-17,19-20H2,1-8H3/t22-,23+,26?/m0/s1. The molecule has 9 heteroatoms. The van der Waals surface area contributed by atoms with Crippen molar-refractivity contribution in [2.24, 2.45) is 0 Å². The number of hydrogen-bond acceptors (Lipinski definition) is 7. The molecule has 0 saturated carbocycles. The highest BCUT2D eigenvalue weighted by molar-refractivity contribution is 6.74. The van der Waals surface area contributed by atoms with Gasteiger partial charge in [0.15, 0.2) is 28.5 Å². The van der Waals surface area contributed by atoms with Gasteiger partial charge in [0.2, 0.25) is 0 Å². The highest BCUT2D eigenvalue weighted by Crippen LogP contribution is 2.37. The molecule has 0 amide bonds. The predicted octanol–water partition coefficient (Wildman–Crippen LogP) is 5.40. The minimum Gasteiger partial charge on any atom is -0.458 e. The normalized spacial score (nSPS) is 24.6. The number of esters is 1. The summed E-state index contributed by atoms with van der Waals surface area (Å²) in [6.07, 6.45) is 1.95. The first-order valence-electron chi connectivity index (χ1n) is 13.5. The average Bonchev–Trinajstić information content (AvgIpc) is 3.31. The molecule has 2 rings (SSSR count). The molecule has 0 spiro atoms. The molecule has 7 nitrogen and oxygen atoms in total. The molecule has 0 radical (unpaired) electrons. The molecule has 0 aromatic heterocycles. The number of rotatable bonds is 15. The van der Waals surface area contributed by atoms with Gasteiger partial charge in [-0.2, -0.15) is 0 Å². The molecule has 1 unspecified atom stereocenters. The van der Waals surface area contributed by atoms with Crippen LogP contribution >= 0.6 is 0 Å². The Morgan fingerprint density at radius 2 is 1.46 bits per heavy atom. The van der Waals surface area contributed by atoms with Gasteiger partial charge in [-0.3, -0.25) is 4.79 Å². The van der Waals surface area contributed by atoms with Gasteiger partial charge in [-0.15, -0.1) is 0 Å². The summed E-state index contributed by atoms with van der Waals surface area (Å²) in [6, 6.07) is 5.79. The Labute approximate surface area is 214 Å². The van der Waals surface area contributed by atoms with Crippen molar-refractivity contribution in [2.45, 2.75) is 121 Å². The zero-order valence-corrected chi connectivity index (χ0v) is 25.2. The van der Waals surface area contributed by atoms with Crippen molar-refractivity contribution in [2.75, 3.05) is 19.8 Å². The van der Waals surface area contributed by atoms with Crippen molar-refractivity contribution in [3.8, 4) is 0 Å². The molecule has 2 aliphatic heterocycles. The zero-order chi connectivity index (χ0) is 26.3. The molecular weight excluding hydrogens is 480 g/mol. The van der Waals surface area contributed by atoms with E-state index in [2.05, 4.69) is 41.5 Å². The SMILES string of the molecule is CC[Si](CC)(CC)O[C@@H](C[C@@H](O[Si](CC)(CC)CC)C1(C=O)COC(C)(C)CO1)C1=CC(=O)OC1. The lowest BCUT2D eigenvalue weighted by Gasteiger charge is -2.48. The van der Waals surface area contributed by atoms with Crippen LogP contribution in [0.25, 0.3) is 0 Å². The van der Waals surface area contributed by atoms with E-state index in [9.17, 15) is 9.59 Å². The summed E-state index contributed by atoms with van der Waals surface area (Å²) in [5.41, 5.74) is -0.857. The first kappa shape index (κ1) is 30.4. The molecule has 1 fully saturated rings. The quantitative estimate of drug-likeness (QED) is 0.160. The van der Waals surface area contributed by atoms with Crippen molar-refractivity contribution in [1.29, 1.82) is 0 Å². The smallest absolute Gasteiger partial charge is 0.331 e. The lowest BCUT2D eigenvalue weighted by atomic mass is 9.90. The first-order valence-corrected chi connectivity index (χ1v) is 18.5. The number of ether oxygens (including phenoxy) is 3. The van der Waals surface area contributed by atoms with Crippen molar-refractivity contribution in [3.63, 3.8) is 0 Å². The minimum atomic E-state index is -2.12. The van der Waals surface area contributed by atoms with Gasteiger partial charge >= 0.3 is 5.97 Å². The molecule has 2 heterocycles. The molecule has 202 valence electrons. The summed E-state index contributed by atoms with van der Waals surface area (Å²) in [5, 5.41) is 0. The van der Waals surface area contributed by atoms with Crippen LogP contribution in [0.15, 0.2) is 11.6 Å². The third-order valence-corrected chi connectivity index (χ3v) is 17.6. The van der Waals surface area contributed by atoms with Crippen molar-refractivity contribution < 1.29 is 32.7 Å². The molecule has 0 aromatic rings. The van der Waals surface area contributed by atoms with E-state index in [0.717, 1.165) is 48.1 Å². The number of aldehydes is 1. The third-order valence-electron chi connectivity index (χ3n) is 8.30. The van der Waals surface area contributed by atoms with E-state index < -0.39 is 33.9 Å². The Kier molecular flexibility index (Phi) is 10.9. The maximum absolute atomic E-state index is 12.7. The molecule has 0 bridgehead atoms. The Morgan fingerprint density at radius 3 is 1.86 bits per heavy atom. The predicted molar refractivity (Wildman–Crippen MR) is 143 cm³/mol. The van der Waals surface area contributed by atoms with E-state index in [1.54, 1.807) is 6.08 Å². The number of cyclic esters (lactones) is 1. The maximum Gasteiger partial charge on any atom is 0.331 e. The lowest BCUT2D eigenvalue weighted by molar-refractivity contribution is -0.239. The summed E-state index contributed by atoms with van der Waals surface area (Å²) >= 11 is 0. The van der Waals surface area contributed by atoms with Crippen LogP contribution in [0, 0.1) is 0 Å². The van der Waals surface area contributed by atoms with Crippen molar-refractivity contribution >= 4 is 28.9 Å². The number of carbonyl (C=O) groups is 2. The van der Waals surface area contributed by atoms with Gasteiger partial charge in [-0.1, -0.05) is 41.5 Å². The van der Waals surface area contributed by atoms with Gasteiger partial charge in [-0.05, 0) is 50.1 Å². The second-order valence-electron chi connectivity index (χ2n) is 10.7.